The summed E-state index contributed by atoms with van der Waals surface area (Å²) in [6.07, 6.45) is 11.1. The average molecular weight is 275 g/mol. The molecule has 0 aromatic heterocycles. The summed E-state index contributed by atoms with van der Waals surface area (Å²) in [4.78, 5) is 11.9. The monoisotopic (exact) mass is 275 g/mol. The fourth-order valence-electron chi connectivity index (χ4n) is 2.19. The smallest absolute Gasteiger partial charge is 0.334 e. The molecule has 2 aliphatic rings. The maximum Gasteiger partial charge on any atom is 0.334 e. The van der Waals surface area contributed by atoms with Gasteiger partial charge in [0.05, 0.1) is 12.3 Å². The van der Waals surface area contributed by atoms with Crippen LogP contribution in [0.25, 0.3) is 0 Å². The van der Waals surface area contributed by atoms with Crippen molar-refractivity contribution in [3.63, 3.8) is 0 Å². The van der Waals surface area contributed by atoms with E-state index in [-0.39, 0.29) is 5.97 Å². The van der Waals surface area contributed by atoms with Crippen molar-refractivity contribution in [1.29, 1.82) is 0 Å². The maximum absolute atomic E-state index is 11.9. The van der Waals surface area contributed by atoms with Gasteiger partial charge in [0.25, 0.3) is 0 Å². The van der Waals surface area contributed by atoms with Crippen LogP contribution < -0.4 is 0 Å². The Balaban J connectivity index is 1.64. The molecule has 0 radical (unpaired) electrons. The van der Waals surface area contributed by atoms with Crippen LogP contribution in [0.2, 0.25) is 0 Å². The van der Waals surface area contributed by atoms with Crippen LogP contribution in [0.3, 0.4) is 0 Å². The first-order valence-corrected chi connectivity index (χ1v) is 7.37. The molecule has 20 heavy (non-hydrogen) atoms. The van der Waals surface area contributed by atoms with Gasteiger partial charge in [-0.3, -0.25) is 0 Å². The number of ether oxygens (including phenoxy) is 1. The number of nitrogens with zero attached hydrogens (tertiary/aromatic N) is 3. The van der Waals surface area contributed by atoms with E-state index in [1.54, 1.807) is 12.2 Å². The van der Waals surface area contributed by atoms with E-state index in [1.807, 2.05) is 0 Å². The van der Waals surface area contributed by atoms with Gasteiger partial charge >= 0.3 is 5.97 Å². The third kappa shape index (κ3) is 4.11. The molecule has 0 saturated heterocycles. The van der Waals surface area contributed by atoms with Crippen molar-refractivity contribution in [2.45, 2.75) is 51.9 Å². The van der Waals surface area contributed by atoms with Crippen molar-refractivity contribution in [3.8, 4) is 0 Å². The second kappa shape index (κ2) is 7.72. The van der Waals surface area contributed by atoms with Gasteiger partial charge in [-0.2, -0.15) is 0 Å². The molecule has 5 nitrogen and oxygen atoms in total. The zero-order valence-corrected chi connectivity index (χ0v) is 12.0. The first-order chi connectivity index (χ1) is 9.81. The minimum atomic E-state index is -0.247. The van der Waals surface area contributed by atoms with E-state index in [2.05, 4.69) is 22.4 Å². The molecule has 0 saturated carbocycles. The summed E-state index contributed by atoms with van der Waals surface area (Å²) in [5.41, 5.74) is 2.13. The van der Waals surface area contributed by atoms with Gasteiger partial charge in [-0.25, -0.2) is 4.79 Å². The third-order valence-electron chi connectivity index (χ3n) is 3.41. The molecule has 0 atom stereocenters. The Morgan fingerprint density at radius 3 is 2.85 bits per heavy atom. The molecule has 0 spiro atoms. The minimum Gasteiger partial charge on any atom is -0.462 e. The molecule has 0 aromatic rings. The summed E-state index contributed by atoms with van der Waals surface area (Å²) < 4.78 is 5.28. The molecule has 0 bridgehead atoms. The molecule has 0 unspecified atom stereocenters. The molecule has 1 aliphatic heterocycles. The summed E-state index contributed by atoms with van der Waals surface area (Å²) in [6.45, 7) is 2.70. The molecule has 0 fully saturated rings. The normalized spacial score (nSPS) is 16.4. The first-order valence-electron chi connectivity index (χ1n) is 7.37. The highest BCUT2D eigenvalue weighted by Crippen LogP contribution is 2.22. The number of carbonyl (C=O) groups excluding carboxylic acids is 1. The highest BCUT2D eigenvalue weighted by atomic mass is 16.5. The molecular formula is C15H21N3O2. The van der Waals surface area contributed by atoms with Crippen LogP contribution in [0.5, 0.6) is 0 Å². The summed E-state index contributed by atoms with van der Waals surface area (Å²) >= 11 is 0. The summed E-state index contributed by atoms with van der Waals surface area (Å²) in [5.74, 6) is -0.247. The van der Waals surface area contributed by atoms with Gasteiger partial charge in [0.2, 0.25) is 0 Å². The molecule has 1 heterocycles. The van der Waals surface area contributed by atoms with Gasteiger partial charge in [0, 0.05) is 12.0 Å². The fraction of sp³-hybridized carbons (Fsp3) is 0.600. The minimum absolute atomic E-state index is 0.247. The number of unbranched alkanes of at least 4 members (excludes halogenated alkanes) is 5. The van der Waals surface area contributed by atoms with Gasteiger partial charge in [0.15, 0.2) is 0 Å². The van der Waals surface area contributed by atoms with E-state index in [0.717, 1.165) is 24.3 Å². The Kier molecular flexibility index (Phi) is 5.65. The molecule has 1 aliphatic carbocycles. The van der Waals surface area contributed by atoms with Crippen LogP contribution in [0.15, 0.2) is 38.9 Å². The second-order valence-corrected chi connectivity index (χ2v) is 5.06. The van der Waals surface area contributed by atoms with Crippen LogP contribution in [-0.2, 0) is 9.53 Å². The van der Waals surface area contributed by atoms with Crippen molar-refractivity contribution in [2.24, 2.45) is 15.4 Å². The molecule has 0 amide bonds. The molecule has 5 heteroatoms. The first kappa shape index (κ1) is 14.6. The van der Waals surface area contributed by atoms with E-state index in [9.17, 15) is 4.79 Å². The van der Waals surface area contributed by atoms with Gasteiger partial charge in [-0.1, -0.05) is 39.0 Å². The molecule has 108 valence electrons. The zero-order chi connectivity index (χ0) is 14.2. The number of hydrogen-bond donors (Lipinski definition) is 0. The lowest BCUT2D eigenvalue weighted by Crippen LogP contribution is -2.15. The van der Waals surface area contributed by atoms with Gasteiger partial charge in [0.1, 0.15) is 5.70 Å². The Morgan fingerprint density at radius 2 is 2.00 bits per heavy atom. The number of carbonyl (C=O) groups is 1. The van der Waals surface area contributed by atoms with Gasteiger partial charge in [-0.05, 0) is 23.8 Å². The van der Waals surface area contributed by atoms with Crippen molar-refractivity contribution >= 4 is 11.7 Å². The number of hydrogen-bond acceptors (Lipinski definition) is 5. The SMILES string of the molecule is CCCCCCCCOC(=O)C1=CC=C2N=NN=C2C1. The molecule has 0 N–H and O–H groups in total. The van der Waals surface area contributed by atoms with E-state index >= 15 is 0 Å². The molecular weight excluding hydrogens is 254 g/mol. The van der Waals surface area contributed by atoms with Crippen molar-refractivity contribution < 1.29 is 9.53 Å². The number of fused-ring (bicyclic) bond motifs is 1. The summed E-state index contributed by atoms with van der Waals surface area (Å²) in [6, 6.07) is 0. The molecule has 0 aromatic carbocycles. The van der Waals surface area contributed by atoms with Crippen LogP contribution in [0.1, 0.15) is 51.9 Å². The van der Waals surface area contributed by atoms with E-state index in [0.29, 0.717) is 18.6 Å². The lowest BCUT2D eigenvalue weighted by atomic mass is 10.0. The topological polar surface area (TPSA) is 63.4 Å². The predicted molar refractivity (Wildman–Crippen MR) is 77.4 cm³/mol. The Hall–Kier alpha value is -1.78. The van der Waals surface area contributed by atoms with Crippen LogP contribution in [-0.4, -0.2) is 18.3 Å². The highest BCUT2D eigenvalue weighted by Gasteiger charge is 2.22. The number of rotatable bonds is 8. The largest absolute Gasteiger partial charge is 0.462 e. The summed E-state index contributed by atoms with van der Waals surface area (Å²) in [7, 11) is 0. The lowest BCUT2D eigenvalue weighted by Gasteiger charge is -2.10. The van der Waals surface area contributed by atoms with Gasteiger partial charge in [-0.15, -0.1) is 10.2 Å². The van der Waals surface area contributed by atoms with E-state index < -0.39 is 0 Å². The van der Waals surface area contributed by atoms with Crippen LogP contribution >= 0.6 is 0 Å². The van der Waals surface area contributed by atoms with Crippen molar-refractivity contribution in [2.75, 3.05) is 6.61 Å². The lowest BCUT2D eigenvalue weighted by molar-refractivity contribution is -0.139. The second-order valence-electron chi connectivity index (χ2n) is 5.06. The number of esters is 1. The van der Waals surface area contributed by atoms with Crippen LogP contribution in [0, 0.1) is 0 Å². The Bertz CT molecular complexity index is 476. The highest BCUT2D eigenvalue weighted by molar-refractivity contribution is 6.08. The quantitative estimate of drug-likeness (QED) is 0.497. The standard InChI is InChI=1S/C15H21N3O2/c1-2-3-4-5-6-7-10-20-15(19)12-8-9-13-14(11-12)17-18-16-13/h8-9H,2-7,10-11H2,1H3. The Labute approximate surface area is 119 Å². The average Bonchev–Trinajstić information content (AvgIpc) is 2.93. The predicted octanol–water partition coefficient (Wildman–Crippen LogP) is 3.93. The number of allylic oxidation sites excluding steroid dienone is 3. The maximum atomic E-state index is 11.9. The van der Waals surface area contributed by atoms with Gasteiger partial charge < -0.3 is 4.74 Å². The van der Waals surface area contributed by atoms with Crippen molar-refractivity contribution in [1.82, 2.24) is 0 Å². The van der Waals surface area contributed by atoms with E-state index in [1.165, 1.54) is 25.7 Å². The molecule has 2 rings (SSSR count). The van der Waals surface area contributed by atoms with Crippen molar-refractivity contribution in [3.05, 3.63) is 23.4 Å². The fourth-order valence-corrected chi connectivity index (χ4v) is 2.19. The zero-order valence-electron chi connectivity index (χ0n) is 12.0. The summed E-state index contributed by atoms with van der Waals surface area (Å²) in [5, 5.41) is 11.3. The van der Waals surface area contributed by atoms with Crippen LogP contribution in [0.4, 0.5) is 0 Å². The van der Waals surface area contributed by atoms with E-state index in [4.69, 9.17) is 4.74 Å². The Morgan fingerprint density at radius 1 is 1.20 bits per heavy atom. The third-order valence-corrected chi connectivity index (χ3v) is 3.41.